The van der Waals surface area contributed by atoms with Crippen molar-refractivity contribution in [2.75, 3.05) is 16.8 Å². The summed E-state index contributed by atoms with van der Waals surface area (Å²) < 4.78 is 0.610. The van der Waals surface area contributed by atoms with Crippen LogP contribution in [0.25, 0.3) is 0 Å². The molecule has 0 aliphatic heterocycles. The Hall–Kier alpha value is -2.13. The van der Waals surface area contributed by atoms with Gasteiger partial charge in [-0.15, -0.1) is 10.2 Å². The van der Waals surface area contributed by atoms with Crippen molar-refractivity contribution in [3.05, 3.63) is 29.3 Å². The average molecular weight is 324 g/mol. The molecule has 1 heterocycles. The molecule has 0 bridgehead atoms. The van der Waals surface area contributed by atoms with Crippen LogP contribution in [-0.4, -0.2) is 32.9 Å². The van der Waals surface area contributed by atoms with E-state index in [0.29, 0.717) is 20.7 Å². The van der Waals surface area contributed by atoms with Gasteiger partial charge in [0.1, 0.15) is 0 Å². The number of anilines is 2. The minimum Gasteiger partial charge on any atom is -0.478 e. The number of hydrogen-bond acceptors (Lipinski definition) is 7. The van der Waals surface area contributed by atoms with Crippen LogP contribution < -0.4 is 11.1 Å². The molecule has 2 aromatic rings. The van der Waals surface area contributed by atoms with Crippen molar-refractivity contribution in [3.63, 3.8) is 0 Å². The summed E-state index contributed by atoms with van der Waals surface area (Å²) >= 11 is 2.43. The first kappa shape index (κ1) is 15.3. The SMILES string of the molecule is Cc1c(NC(=O)CSc2nnc(N)s2)cccc1C(=O)O. The second kappa shape index (κ2) is 6.55. The smallest absolute Gasteiger partial charge is 0.336 e. The standard InChI is InChI=1S/C12H12N4O3S2/c1-6-7(10(18)19)3-2-4-8(6)14-9(17)5-20-12-16-15-11(13)21-12/h2-4H,5H2,1H3,(H2,13,15)(H,14,17)(H,18,19). The number of carboxylic acid groups (broad SMARTS) is 1. The molecule has 0 spiro atoms. The van der Waals surface area contributed by atoms with E-state index in [1.165, 1.54) is 29.2 Å². The van der Waals surface area contributed by atoms with Gasteiger partial charge in [-0.1, -0.05) is 29.2 Å². The lowest BCUT2D eigenvalue weighted by atomic mass is 10.1. The molecule has 0 saturated carbocycles. The van der Waals surface area contributed by atoms with E-state index in [2.05, 4.69) is 15.5 Å². The molecule has 9 heteroatoms. The number of aromatic carboxylic acids is 1. The number of aromatic nitrogens is 2. The van der Waals surface area contributed by atoms with Gasteiger partial charge < -0.3 is 16.2 Å². The van der Waals surface area contributed by atoms with Crippen LogP contribution in [0.4, 0.5) is 10.8 Å². The number of carbonyl (C=O) groups excluding carboxylic acids is 1. The van der Waals surface area contributed by atoms with Gasteiger partial charge in [0.05, 0.1) is 11.3 Å². The molecule has 1 amide bonds. The van der Waals surface area contributed by atoms with Gasteiger partial charge in [0.15, 0.2) is 4.34 Å². The third-order valence-corrected chi connectivity index (χ3v) is 4.47. The van der Waals surface area contributed by atoms with Crippen molar-refractivity contribution in [1.29, 1.82) is 0 Å². The Morgan fingerprint density at radius 1 is 1.43 bits per heavy atom. The number of benzene rings is 1. The van der Waals surface area contributed by atoms with Crippen LogP contribution in [0.5, 0.6) is 0 Å². The Kier molecular flexibility index (Phi) is 4.76. The molecule has 2 rings (SSSR count). The fourth-order valence-electron chi connectivity index (χ4n) is 1.60. The quantitative estimate of drug-likeness (QED) is 0.718. The topological polar surface area (TPSA) is 118 Å². The maximum atomic E-state index is 11.9. The van der Waals surface area contributed by atoms with Crippen molar-refractivity contribution in [3.8, 4) is 0 Å². The molecule has 0 aliphatic rings. The summed E-state index contributed by atoms with van der Waals surface area (Å²) in [5.74, 6) is -1.13. The Balaban J connectivity index is 1.99. The van der Waals surface area contributed by atoms with E-state index in [1.54, 1.807) is 19.1 Å². The van der Waals surface area contributed by atoms with Gasteiger partial charge in [0.25, 0.3) is 0 Å². The molecule has 4 N–H and O–H groups in total. The number of hydrogen-bond donors (Lipinski definition) is 3. The monoisotopic (exact) mass is 324 g/mol. The number of amides is 1. The molecule has 0 radical (unpaired) electrons. The van der Waals surface area contributed by atoms with Crippen LogP contribution in [0.3, 0.4) is 0 Å². The lowest BCUT2D eigenvalue weighted by molar-refractivity contribution is -0.113. The van der Waals surface area contributed by atoms with E-state index in [4.69, 9.17) is 10.8 Å². The summed E-state index contributed by atoms with van der Waals surface area (Å²) in [5.41, 5.74) is 6.61. The Morgan fingerprint density at radius 2 is 2.19 bits per heavy atom. The van der Waals surface area contributed by atoms with Gasteiger partial charge in [-0.2, -0.15) is 0 Å². The number of nitrogens with two attached hydrogens (primary N) is 1. The maximum absolute atomic E-state index is 11.9. The molecule has 0 fully saturated rings. The third-order valence-electron chi connectivity index (χ3n) is 2.59. The molecule has 1 aromatic carbocycles. The first-order chi connectivity index (χ1) is 9.97. The minimum atomic E-state index is -1.03. The highest BCUT2D eigenvalue weighted by Crippen LogP contribution is 2.24. The second-order valence-electron chi connectivity index (χ2n) is 4.03. The van der Waals surface area contributed by atoms with Crippen molar-refractivity contribution >= 4 is 45.8 Å². The van der Waals surface area contributed by atoms with Crippen molar-refractivity contribution in [2.45, 2.75) is 11.3 Å². The highest BCUT2D eigenvalue weighted by Gasteiger charge is 2.12. The van der Waals surface area contributed by atoms with Crippen molar-refractivity contribution < 1.29 is 14.7 Å². The summed E-state index contributed by atoms with van der Waals surface area (Å²) in [4.78, 5) is 22.9. The molecule has 0 atom stereocenters. The van der Waals surface area contributed by atoms with Crippen LogP contribution >= 0.6 is 23.1 Å². The highest BCUT2D eigenvalue weighted by atomic mass is 32.2. The van der Waals surface area contributed by atoms with Gasteiger partial charge in [-0.25, -0.2) is 4.79 Å². The molecular weight excluding hydrogens is 312 g/mol. The number of nitrogen functional groups attached to an aromatic ring is 1. The Labute approximate surface area is 128 Å². The van der Waals surface area contributed by atoms with E-state index in [9.17, 15) is 9.59 Å². The molecule has 110 valence electrons. The maximum Gasteiger partial charge on any atom is 0.336 e. The van der Waals surface area contributed by atoms with Crippen LogP contribution in [0.1, 0.15) is 15.9 Å². The van der Waals surface area contributed by atoms with E-state index in [1.807, 2.05) is 0 Å². The number of thioether (sulfide) groups is 1. The summed E-state index contributed by atoms with van der Waals surface area (Å²) in [6, 6.07) is 4.74. The number of nitrogens with zero attached hydrogens (tertiary/aromatic N) is 2. The zero-order valence-electron chi connectivity index (χ0n) is 11.0. The normalized spacial score (nSPS) is 10.3. The van der Waals surface area contributed by atoms with Crippen molar-refractivity contribution in [2.24, 2.45) is 0 Å². The third kappa shape index (κ3) is 3.92. The number of carbonyl (C=O) groups is 2. The van der Waals surface area contributed by atoms with E-state index in [-0.39, 0.29) is 17.2 Å². The molecule has 0 aliphatic carbocycles. The largest absolute Gasteiger partial charge is 0.478 e. The van der Waals surface area contributed by atoms with Gasteiger partial charge in [0, 0.05) is 5.69 Å². The van der Waals surface area contributed by atoms with Crippen LogP contribution in [0.2, 0.25) is 0 Å². The fraction of sp³-hybridized carbons (Fsp3) is 0.167. The highest BCUT2D eigenvalue weighted by molar-refractivity contribution is 8.01. The molecule has 7 nitrogen and oxygen atoms in total. The zero-order chi connectivity index (χ0) is 15.4. The number of nitrogens with one attached hydrogen (secondary N) is 1. The molecule has 1 aromatic heterocycles. The lowest BCUT2D eigenvalue weighted by Gasteiger charge is -2.09. The summed E-state index contributed by atoms with van der Waals surface area (Å²) in [7, 11) is 0. The minimum absolute atomic E-state index is 0.144. The number of rotatable bonds is 5. The van der Waals surface area contributed by atoms with E-state index in [0.717, 1.165) is 0 Å². The summed E-state index contributed by atoms with van der Waals surface area (Å²) in [6.45, 7) is 1.65. The predicted molar refractivity (Wildman–Crippen MR) is 81.8 cm³/mol. The van der Waals surface area contributed by atoms with E-state index < -0.39 is 5.97 Å². The first-order valence-corrected chi connectivity index (χ1v) is 7.62. The zero-order valence-corrected chi connectivity index (χ0v) is 12.6. The van der Waals surface area contributed by atoms with Crippen molar-refractivity contribution in [1.82, 2.24) is 10.2 Å². The van der Waals surface area contributed by atoms with Gasteiger partial charge in [-0.05, 0) is 24.6 Å². The average Bonchev–Trinajstić information content (AvgIpc) is 2.84. The lowest BCUT2D eigenvalue weighted by Crippen LogP contribution is -2.15. The molecule has 0 saturated heterocycles. The predicted octanol–water partition coefficient (Wildman–Crippen LogP) is 1.86. The van der Waals surface area contributed by atoms with Gasteiger partial charge in [-0.3, -0.25) is 4.79 Å². The number of carboxylic acids is 1. The molecule has 21 heavy (non-hydrogen) atoms. The Bertz CT molecular complexity index is 687. The van der Waals surface area contributed by atoms with Crippen LogP contribution in [0.15, 0.2) is 22.5 Å². The van der Waals surface area contributed by atoms with E-state index >= 15 is 0 Å². The second-order valence-corrected chi connectivity index (χ2v) is 6.26. The molecular formula is C12H12N4O3S2. The summed E-state index contributed by atoms with van der Waals surface area (Å²) in [5, 5.41) is 19.5. The van der Waals surface area contributed by atoms with Gasteiger partial charge in [0.2, 0.25) is 11.0 Å². The first-order valence-electron chi connectivity index (χ1n) is 5.82. The summed E-state index contributed by atoms with van der Waals surface area (Å²) in [6.07, 6.45) is 0. The molecule has 0 unspecified atom stereocenters. The van der Waals surface area contributed by atoms with Crippen LogP contribution in [-0.2, 0) is 4.79 Å². The van der Waals surface area contributed by atoms with Crippen LogP contribution in [0, 0.1) is 6.92 Å². The fourth-order valence-corrected chi connectivity index (χ4v) is 3.03. The Morgan fingerprint density at radius 3 is 2.81 bits per heavy atom. The van der Waals surface area contributed by atoms with Gasteiger partial charge >= 0.3 is 5.97 Å².